The molecule has 0 atom stereocenters. The summed E-state index contributed by atoms with van der Waals surface area (Å²) in [4.78, 5) is 34.3. The summed E-state index contributed by atoms with van der Waals surface area (Å²) in [6, 6.07) is 0. The number of aromatic amines is 1. The van der Waals surface area contributed by atoms with Gasteiger partial charge in [0.25, 0.3) is 5.91 Å². The van der Waals surface area contributed by atoms with Crippen molar-refractivity contribution in [1.82, 2.24) is 25.1 Å². The highest BCUT2D eigenvalue weighted by Gasteiger charge is 2.44. The Labute approximate surface area is 134 Å². The van der Waals surface area contributed by atoms with E-state index >= 15 is 0 Å². The van der Waals surface area contributed by atoms with Crippen molar-refractivity contribution in [3.8, 4) is 0 Å². The van der Waals surface area contributed by atoms with Gasteiger partial charge in [-0.15, -0.1) is 0 Å². The molecule has 8 nitrogen and oxygen atoms in total. The Morgan fingerprint density at radius 1 is 1.35 bits per heavy atom. The Hall–Kier alpha value is -1.93. The quantitative estimate of drug-likeness (QED) is 0.674. The third-order valence-corrected chi connectivity index (χ3v) is 4.80. The summed E-state index contributed by atoms with van der Waals surface area (Å²) >= 11 is 0. The highest BCUT2D eigenvalue weighted by atomic mass is 16.4. The molecule has 0 spiro atoms. The van der Waals surface area contributed by atoms with Crippen LogP contribution in [0, 0.1) is 5.41 Å². The fourth-order valence-corrected chi connectivity index (χ4v) is 3.03. The summed E-state index contributed by atoms with van der Waals surface area (Å²) in [5.74, 6) is -1.60. The highest BCUT2D eigenvalue weighted by molar-refractivity contribution is 6.02. The number of aromatic nitrogens is 2. The molecule has 0 aromatic carbocycles. The smallest absolute Gasteiger partial charge is 0.354 e. The van der Waals surface area contributed by atoms with Gasteiger partial charge in [0.15, 0.2) is 11.4 Å². The lowest BCUT2D eigenvalue weighted by Crippen LogP contribution is -2.48. The second-order valence-corrected chi connectivity index (χ2v) is 6.69. The van der Waals surface area contributed by atoms with Gasteiger partial charge in [0, 0.05) is 44.7 Å². The number of imidazole rings is 1. The lowest BCUT2D eigenvalue weighted by atomic mass is 10.1. The lowest BCUT2D eigenvalue weighted by Gasteiger charge is -2.34. The zero-order valence-corrected chi connectivity index (χ0v) is 13.3. The summed E-state index contributed by atoms with van der Waals surface area (Å²) < 4.78 is 0. The summed E-state index contributed by atoms with van der Waals surface area (Å²) in [6.45, 7) is 5.86. The van der Waals surface area contributed by atoms with Crippen LogP contribution in [-0.4, -0.2) is 83.1 Å². The zero-order valence-electron chi connectivity index (χ0n) is 13.3. The van der Waals surface area contributed by atoms with E-state index in [0.29, 0.717) is 6.54 Å². The molecular formula is C15H23N5O3. The standard InChI is InChI=1S/C15H23N5O3/c1-19-4-6-20(7-5-19)9-15(2-3-15)8-16-13(21)11-12(14(22)23)18-10-17-11/h10H,2-9H2,1H3,(H,16,21)(H,17,18)(H,22,23). The van der Waals surface area contributed by atoms with Gasteiger partial charge in [-0.05, 0) is 19.9 Å². The Morgan fingerprint density at radius 3 is 2.65 bits per heavy atom. The normalized spacial score (nSPS) is 21.1. The Balaban J connectivity index is 1.52. The van der Waals surface area contributed by atoms with Gasteiger partial charge >= 0.3 is 5.97 Å². The molecule has 0 unspecified atom stereocenters. The zero-order chi connectivity index (χ0) is 16.4. The Bertz CT molecular complexity index is 588. The van der Waals surface area contributed by atoms with Gasteiger partial charge in [-0.3, -0.25) is 4.79 Å². The predicted octanol–water partition coefficient (Wildman–Crippen LogP) is -0.135. The van der Waals surface area contributed by atoms with Gasteiger partial charge in [0.1, 0.15) is 0 Å². The highest BCUT2D eigenvalue weighted by Crippen LogP contribution is 2.45. The van der Waals surface area contributed by atoms with Crippen molar-refractivity contribution in [2.45, 2.75) is 12.8 Å². The van der Waals surface area contributed by atoms with Crippen molar-refractivity contribution < 1.29 is 14.7 Å². The van der Waals surface area contributed by atoms with Crippen LogP contribution in [0.15, 0.2) is 6.33 Å². The molecule has 3 rings (SSSR count). The fourth-order valence-electron chi connectivity index (χ4n) is 3.03. The van der Waals surface area contributed by atoms with E-state index < -0.39 is 11.9 Å². The van der Waals surface area contributed by atoms with Crippen molar-refractivity contribution in [2.24, 2.45) is 5.41 Å². The minimum atomic E-state index is -1.17. The van der Waals surface area contributed by atoms with Gasteiger partial charge in [-0.25, -0.2) is 9.78 Å². The molecule has 2 heterocycles. The number of carboxylic acid groups (broad SMARTS) is 1. The molecule has 126 valence electrons. The first kappa shape index (κ1) is 15.9. The average Bonchev–Trinajstić information content (AvgIpc) is 3.10. The summed E-state index contributed by atoms with van der Waals surface area (Å²) in [7, 11) is 2.13. The summed E-state index contributed by atoms with van der Waals surface area (Å²) in [5.41, 5.74) is -0.0649. The Morgan fingerprint density at radius 2 is 2.04 bits per heavy atom. The maximum atomic E-state index is 12.2. The van der Waals surface area contributed by atoms with Crippen molar-refractivity contribution in [3.05, 3.63) is 17.7 Å². The monoisotopic (exact) mass is 321 g/mol. The minimum absolute atomic E-state index is 0.0482. The number of aromatic carboxylic acids is 1. The fraction of sp³-hybridized carbons (Fsp3) is 0.667. The molecule has 23 heavy (non-hydrogen) atoms. The molecule has 2 aliphatic rings. The first-order valence-corrected chi connectivity index (χ1v) is 7.95. The third-order valence-electron chi connectivity index (χ3n) is 4.80. The molecule has 1 aromatic rings. The molecular weight excluding hydrogens is 298 g/mol. The van der Waals surface area contributed by atoms with Gasteiger partial charge in [-0.2, -0.15) is 0 Å². The first-order chi connectivity index (χ1) is 11.0. The number of nitrogens with one attached hydrogen (secondary N) is 2. The molecule has 1 aliphatic heterocycles. The number of H-pyrrole nitrogens is 1. The number of nitrogens with zero attached hydrogens (tertiary/aromatic N) is 3. The third kappa shape index (κ3) is 3.70. The van der Waals surface area contributed by atoms with Crippen LogP contribution < -0.4 is 5.32 Å². The van der Waals surface area contributed by atoms with Gasteiger partial charge in [0.05, 0.1) is 6.33 Å². The largest absolute Gasteiger partial charge is 0.477 e. The van der Waals surface area contributed by atoms with Gasteiger partial charge in [0.2, 0.25) is 0 Å². The number of hydrogen-bond acceptors (Lipinski definition) is 5. The van der Waals surface area contributed by atoms with Gasteiger partial charge < -0.3 is 25.2 Å². The number of carbonyl (C=O) groups excluding carboxylic acids is 1. The van der Waals surface area contributed by atoms with Gasteiger partial charge in [-0.1, -0.05) is 0 Å². The average molecular weight is 321 g/mol. The van der Waals surface area contributed by atoms with Crippen molar-refractivity contribution >= 4 is 11.9 Å². The van der Waals surface area contributed by atoms with Crippen molar-refractivity contribution in [2.75, 3.05) is 46.3 Å². The SMILES string of the molecule is CN1CCN(CC2(CNC(=O)c3nc[nH]c3C(=O)O)CC2)CC1. The number of amides is 1. The maximum absolute atomic E-state index is 12.2. The van der Waals surface area contributed by atoms with Crippen LogP contribution in [0.4, 0.5) is 0 Å². The molecule has 1 aromatic heterocycles. The van der Waals surface area contributed by atoms with Crippen LogP contribution in [0.2, 0.25) is 0 Å². The molecule has 0 radical (unpaired) electrons. The van der Waals surface area contributed by atoms with E-state index in [9.17, 15) is 9.59 Å². The molecule has 0 bridgehead atoms. The van der Waals surface area contributed by atoms with Crippen LogP contribution in [0.5, 0.6) is 0 Å². The molecule has 8 heteroatoms. The van der Waals surface area contributed by atoms with Crippen LogP contribution in [0.25, 0.3) is 0 Å². The first-order valence-electron chi connectivity index (χ1n) is 7.95. The van der Waals surface area contributed by atoms with Crippen molar-refractivity contribution in [3.63, 3.8) is 0 Å². The summed E-state index contributed by atoms with van der Waals surface area (Å²) in [6.07, 6.45) is 3.44. The molecule has 3 N–H and O–H groups in total. The number of piperazine rings is 1. The molecule has 1 saturated carbocycles. The van der Waals surface area contributed by atoms with Crippen LogP contribution >= 0.6 is 0 Å². The van der Waals surface area contributed by atoms with Crippen LogP contribution in [-0.2, 0) is 0 Å². The van der Waals surface area contributed by atoms with Crippen molar-refractivity contribution in [1.29, 1.82) is 0 Å². The second-order valence-electron chi connectivity index (χ2n) is 6.69. The predicted molar refractivity (Wildman–Crippen MR) is 83.5 cm³/mol. The summed E-state index contributed by atoms with van der Waals surface area (Å²) in [5, 5.41) is 11.9. The van der Waals surface area contributed by atoms with E-state index in [4.69, 9.17) is 5.11 Å². The molecule has 1 amide bonds. The number of rotatable bonds is 6. The number of carbonyl (C=O) groups is 2. The second kappa shape index (κ2) is 6.29. The molecule has 1 aliphatic carbocycles. The maximum Gasteiger partial charge on any atom is 0.354 e. The van der Waals surface area contributed by atoms with E-state index in [2.05, 4.69) is 32.1 Å². The topological polar surface area (TPSA) is 102 Å². The van der Waals surface area contributed by atoms with E-state index in [0.717, 1.165) is 45.6 Å². The minimum Gasteiger partial charge on any atom is -0.477 e. The van der Waals surface area contributed by atoms with Crippen LogP contribution in [0.1, 0.15) is 33.8 Å². The number of likely N-dealkylation sites (N-methyl/N-ethyl adjacent to an activating group) is 1. The number of carboxylic acids is 1. The van der Waals surface area contributed by atoms with E-state index in [-0.39, 0.29) is 16.8 Å². The van der Waals surface area contributed by atoms with Crippen LogP contribution in [0.3, 0.4) is 0 Å². The molecule has 2 fully saturated rings. The molecule has 1 saturated heterocycles. The number of hydrogen-bond donors (Lipinski definition) is 3. The van der Waals surface area contributed by atoms with E-state index in [1.807, 2.05) is 0 Å². The van der Waals surface area contributed by atoms with E-state index in [1.165, 1.54) is 6.33 Å². The van der Waals surface area contributed by atoms with E-state index in [1.54, 1.807) is 0 Å². The Kier molecular flexibility index (Phi) is 4.36. The lowest BCUT2D eigenvalue weighted by molar-refractivity contribution is 0.0684.